The van der Waals surface area contributed by atoms with Crippen molar-refractivity contribution in [3.63, 3.8) is 0 Å². The van der Waals surface area contributed by atoms with E-state index in [0.717, 1.165) is 35.8 Å². The molecular formula is C23H19FN6O. The maximum Gasteiger partial charge on any atom is 0.257 e. The van der Waals surface area contributed by atoms with Crippen LogP contribution in [0.3, 0.4) is 0 Å². The molecule has 2 bridgehead atoms. The summed E-state index contributed by atoms with van der Waals surface area (Å²) in [5, 5.41) is 10.0. The summed E-state index contributed by atoms with van der Waals surface area (Å²) in [6.45, 7) is 2.91. The fourth-order valence-corrected chi connectivity index (χ4v) is 7.29. The number of hydrogen-bond donors (Lipinski definition) is 1. The summed E-state index contributed by atoms with van der Waals surface area (Å²) in [4.78, 5) is 29.9. The number of halogens is 1. The van der Waals surface area contributed by atoms with Crippen LogP contribution in [0.25, 0.3) is 11.0 Å². The maximum atomic E-state index is 14.7. The lowest BCUT2D eigenvalue weighted by Crippen LogP contribution is -2.71. The van der Waals surface area contributed by atoms with E-state index >= 15 is 0 Å². The Morgan fingerprint density at radius 2 is 2.19 bits per heavy atom. The van der Waals surface area contributed by atoms with Crippen molar-refractivity contribution in [2.24, 2.45) is 11.3 Å². The monoisotopic (exact) mass is 414 g/mol. The van der Waals surface area contributed by atoms with Crippen LogP contribution in [0.2, 0.25) is 0 Å². The van der Waals surface area contributed by atoms with Crippen LogP contribution in [-0.2, 0) is 0 Å². The van der Waals surface area contributed by atoms with E-state index in [0.29, 0.717) is 18.5 Å². The van der Waals surface area contributed by atoms with Gasteiger partial charge in [0.05, 0.1) is 28.1 Å². The van der Waals surface area contributed by atoms with Crippen molar-refractivity contribution in [3.8, 4) is 6.07 Å². The number of aromatic amines is 1. The van der Waals surface area contributed by atoms with Gasteiger partial charge in [0.25, 0.3) is 5.91 Å². The fraction of sp³-hybridized carbons (Fsp3) is 0.391. The van der Waals surface area contributed by atoms with Crippen LogP contribution in [0.4, 0.5) is 10.2 Å². The SMILES string of the molecule is CC1CC23CN(c4ncnc5[nH]ccc45)C4CC42C1N3C(=O)c1ccc(C#N)cc1F. The van der Waals surface area contributed by atoms with Crippen LogP contribution < -0.4 is 4.90 Å². The van der Waals surface area contributed by atoms with Gasteiger partial charge < -0.3 is 14.8 Å². The number of aromatic nitrogens is 3. The number of fused-ring (bicyclic) bond motifs is 2. The van der Waals surface area contributed by atoms with Crippen LogP contribution in [0.1, 0.15) is 35.7 Å². The number of carbonyl (C=O) groups excluding carboxylic acids is 1. The van der Waals surface area contributed by atoms with Gasteiger partial charge in [0.1, 0.15) is 23.6 Å². The Hall–Kier alpha value is -3.47. The van der Waals surface area contributed by atoms with Gasteiger partial charge in [-0.15, -0.1) is 0 Å². The average Bonchev–Trinajstić information content (AvgIpc) is 3.01. The average molecular weight is 414 g/mol. The topological polar surface area (TPSA) is 88.9 Å². The van der Waals surface area contributed by atoms with Gasteiger partial charge in [0.2, 0.25) is 0 Å². The van der Waals surface area contributed by atoms with Gasteiger partial charge in [-0.1, -0.05) is 6.92 Å². The van der Waals surface area contributed by atoms with Crippen LogP contribution in [0.5, 0.6) is 0 Å². The molecule has 8 rings (SSSR count). The number of H-pyrrole nitrogens is 1. The normalized spacial score (nSPS) is 34.3. The summed E-state index contributed by atoms with van der Waals surface area (Å²) in [5.74, 6) is 0.409. The van der Waals surface area contributed by atoms with Crippen molar-refractivity contribution in [2.75, 3.05) is 11.4 Å². The summed E-state index contributed by atoms with van der Waals surface area (Å²) < 4.78 is 14.7. The van der Waals surface area contributed by atoms with Crippen molar-refractivity contribution < 1.29 is 9.18 Å². The number of anilines is 1. The Bertz CT molecular complexity index is 1350. The lowest BCUT2D eigenvalue weighted by Gasteiger charge is -2.57. The Morgan fingerprint density at radius 3 is 3.00 bits per heavy atom. The molecule has 2 aliphatic carbocycles. The lowest BCUT2D eigenvalue weighted by molar-refractivity contribution is -0.0617. The van der Waals surface area contributed by atoms with Gasteiger partial charge in [-0.3, -0.25) is 4.79 Å². The molecule has 7 nitrogen and oxygen atoms in total. The Labute approximate surface area is 177 Å². The summed E-state index contributed by atoms with van der Waals surface area (Å²) in [6, 6.07) is 8.50. The largest absolute Gasteiger partial charge is 0.350 e. The van der Waals surface area contributed by atoms with Crippen LogP contribution >= 0.6 is 0 Å². The van der Waals surface area contributed by atoms with Crippen LogP contribution in [-0.4, -0.2) is 49.9 Å². The first-order valence-electron chi connectivity index (χ1n) is 10.6. The molecule has 5 atom stereocenters. The summed E-state index contributed by atoms with van der Waals surface area (Å²) in [5.41, 5.74) is 0.878. The second kappa shape index (κ2) is 5.22. The minimum atomic E-state index is -0.625. The molecule has 154 valence electrons. The number of nitriles is 1. The number of carbonyl (C=O) groups is 1. The van der Waals surface area contributed by atoms with Gasteiger partial charge in [-0.2, -0.15) is 5.26 Å². The molecule has 3 saturated heterocycles. The number of nitrogens with one attached hydrogen (secondary N) is 1. The lowest BCUT2D eigenvalue weighted by atomic mass is 9.71. The van der Waals surface area contributed by atoms with Crippen molar-refractivity contribution in [2.45, 2.75) is 37.4 Å². The molecule has 5 fully saturated rings. The molecule has 1 aromatic carbocycles. The number of piperidine rings is 1. The molecule has 3 aromatic rings. The maximum absolute atomic E-state index is 14.7. The van der Waals surface area contributed by atoms with E-state index in [1.807, 2.05) is 23.2 Å². The second-order valence-electron chi connectivity index (χ2n) is 9.46. The molecule has 1 amide bonds. The summed E-state index contributed by atoms with van der Waals surface area (Å²) >= 11 is 0. The predicted molar refractivity (Wildman–Crippen MR) is 110 cm³/mol. The molecule has 5 aliphatic rings. The predicted octanol–water partition coefficient (Wildman–Crippen LogP) is 2.85. The van der Waals surface area contributed by atoms with Crippen LogP contribution in [0, 0.1) is 28.5 Å². The molecule has 5 heterocycles. The fourth-order valence-electron chi connectivity index (χ4n) is 7.29. The summed E-state index contributed by atoms with van der Waals surface area (Å²) in [6.07, 6.45) is 5.41. The molecule has 2 aromatic heterocycles. The smallest absolute Gasteiger partial charge is 0.257 e. The molecule has 5 unspecified atom stereocenters. The first-order chi connectivity index (χ1) is 15.0. The van der Waals surface area contributed by atoms with E-state index < -0.39 is 5.82 Å². The van der Waals surface area contributed by atoms with Gasteiger partial charge in [-0.25, -0.2) is 14.4 Å². The summed E-state index contributed by atoms with van der Waals surface area (Å²) in [7, 11) is 0. The van der Waals surface area contributed by atoms with E-state index in [1.165, 1.54) is 12.1 Å². The quantitative estimate of drug-likeness (QED) is 0.697. The third kappa shape index (κ3) is 1.75. The second-order valence-corrected chi connectivity index (χ2v) is 9.46. The van der Waals surface area contributed by atoms with E-state index in [-0.39, 0.29) is 34.0 Å². The Balaban J connectivity index is 1.29. The molecule has 1 N–H and O–H groups in total. The number of amides is 1. The standard InChI is InChI=1S/C23H19FN6O/c1-12-7-22-10-29(20-15-4-5-26-19(15)27-11-28-20)17-8-23(17,22)18(12)30(22)21(31)14-3-2-13(9-25)6-16(14)24/h2-6,11-12,17-18H,7-8,10H2,1H3,(H,26,27,28). The van der Waals surface area contributed by atoms with Crippen molar-refractivity contribution in [3.05, 3.63) is 53.7 Å². The number of nitrogens with zero attached hydrogens (tertiary/aromatic N) is 5. The number of rotatable bonds is 2. The Kier molecular flexibility index (Phi) is 2.90. The van der Waals surface area contributed by atoms with Crippen molar-refractivity contribution in [1.82, 2.24) is 19.9 Å². The van der Waals surface area contributed by atoms with Crippen molar-refractivity contribution >= 4 is 22.8 Å². The highest BCUT2D eigenvalue weighted by Crippen LogP contribution is 2.81. The molecule has 2 spiro atoms. The highest BCUT2D eigenvalue weighted by molar-refractivity contribution is 5.98. The highest BCUT2D eigenvalue weighted by Gasteiger charge is 2.91. The van der Waals surface area contributed by atoms with E-state index in [2.05, 4.69) is 26.8 Å². The molecule has 31 heavy (non-hydrogen) atoms. The van der Waals surface area contributed by atoms with Gasteiger partial charge in [0.15, 0.2) is 0 Å². The number of hydrogen-bond acceptors (Lipinski definition) is 5. The van der Waals surface area contributed by atoms with Crippen LogP contribution in [0.15, 0.2) is 36.8 Å². The van der Waals surface area contributed by atoms with E-state index in [4.69, 9.17) is 5.26 Å². The molecule has 2 saturated carbocycles. The van der Waals surface area contributed by atoms with Gasteiger partial charge in [-0.05, 0) is 43.0 Å². The minimum absolute atomic E-state index is 0.0537. The zero-order valence-electron chi connectivity index (χ0n) is 16.8. The minimum Gasteiger partial charge on any atom is -0.350 e. The molecule has 3 aliphatic heterocycles. The van der Waals surface area contributed by atoms with Gasteiger partial charge >= 0.3 is 0 Å². The zero-order chi connectivity index (χ0) is 21.1. The molecular weight excluding hydrogens is 395 g/mol. The number of benzene rings is 1. The first-order valence-corrected chi connectivity index (χ1v) is 10.6. The van der Waals surface area contributed by atoms with E-state index in [9.17, 15) is 9.18 Å². The highest BCUT2D eigenvalue weighted by atomic mass is 19.1. The van der Waals surface area contributed by atoms with Crippen molar-refractivity contribution in [1.29, 1.82) is 5.26 Å². The van der Waals surface area contributed by atoms with Gasteiger partial charge in [0, 0.05) is 30.2 Å². The molecule has 0 radical (unpaired) electrons. The Morgan fingerprint density at radius 1 is 1.32 bits per heavy atom. The third-order valence-electron chi connectivity index (χ3n) is 8.26. The molecule has 8 heteroatoms. The third-order valence-corrected chi connectivity index (χ3v) is 8.26. The first kappa shape index (κ1) is 17.2. The zero-order valence-corrected chi connectivity index (χ0v) is 16.8. The van der Waals surface area contributed by atoms with E-state index in [1.54, 1.807) is 6.33 Å².